The monoisotopic (exact) mass is 185 g/mol. The van der Waals surface area contributed by atoms with Crippen molar-refractivity contribution in [1.29, 1.82) is 0 Å². The fourth-order valence-corrected chi connectivity index (χ4v) is 1.01. The molecule has 1 rings (SSSR count). The van der Waals surface area contributed by atoms with E-state index in [1.807, 2.05) is 0 Å². The van der Waals surface area contributed by atoms with Gasteiger partial charge in [0.2, 0.25) is 11.7 Å². The Morgan fingerprint density at radius 2 is 2.17 bits per heavy atom. The van der Waals surface area contributed by atoms with Gasteiger partial charge in [0.05, 0.1) is 5.69 Å². The summed E-state index contributed by atoms with van der Waals surface area (Å²) in [6, 6.07) is 6.22. The summed E-state index contributed by atoms with van der Waals surface area (Å²) in [5.41, 5.74) is -1.24. The second kappa shape index (κ2) is 4.00. The fourth-order valence-electron chi connectivity index (χ4n) is 0.823. The molecular weight excluding hydrogens is 181 g/mol. The summed E-state index contributed by atoms with van der Waals surface area (Å²) in [6.07, 6.45) is 1.33. The minimum Gasteiger partial charge on any atom is -0.225 e. The quantitative estimate of drug-likeness (QED) is 0.396. The highest BCUT2D eigenvalue weighted by molar-refractivity contribution is 6.20. The van der Waals surface area contributed by atoms with E-state index in [2.05, 4.69) is 4.99 Å². The molecule has 0 aliphatic carbocycles. The number of aliphatic imine (C=N–C) groups is 1. The number of rotatable bonds is 2. The van der Waals surface area contributed by atoms with Crippen molar-refractivity contribution in [2.75, 3.05) is 0 Å². The zero-order valence-corrected chi connectivity index (χ0v) is 6.75. The van der Waals surface area contributed by atoms with Crippen LogP contribution in [0.1, 0.15) is 11.2 Å². The van der Waals surface area contributed by atoms with Gasteiger partial charge in [0, 0.05) is 5.56 Å². The molecule has 1 aromatic carbocycles. The summed E-state index contributed by atoms with van der Waals surface area (Å²) in [5, 5.41) is 0. The molecule has 4 heteroatoms. The van der Waals surface area contributed by atoms with Gasteiger partial charge in [-0.05, 0) is 6.07 Å². The lowest BCUT2D eigenvalue weighted by atomic mass is 10.2. The van der Waals surface area contributed by atoms with Crippen LogP contribution in [0.2, 0.25) is 0 Å². The smallest absolute Gasteiger partial charge is 0.225 e. The Kier molecular flexibility index (Phi) is 2.97. The average molecular weight is 186 g/mol. The van der Waals surface area contributed by atoms with Crippen LogP contribution in [0.5, 0.6) is 0 Å². The molecule has 0 amide bonds. The first-order valence-corrected chi connectivity index (χ1v) is 3.64. The summed E-state index contributed by atoms with van der Waals surface area (Å²) in [4.78, 5) is 13.2. The normalized spacial score (nSPS) is 11.8. The zero-order chi connectivity index (χ0) is 8.97. The van der Waals surface area contributed by atoms with Crippen molar-refractivity contribution in [3.63, 3.8) is 0 Å². The van der Waals surface area contributed by atoms with Gasteiger partial charge in [-0.15, -0.1) is 0 Å². The van der Waals surface area contributed by atoms with E-state index in [0.29, 0.717) is 0 Å². The van der Waals surface area contributed by atoms with Gasteiger partial charge >= 0.3 is 0 Å². The largest absolute Gasteiger partial charge is 0.240 e. The van der Waals surface area contributed by atoms with Crippen molar-refractivity contribution in [1.82, 2.24) is 0 Å². The zero-order valence-electron chi connectivity index (χ0n) is 6.00. The fraction of sp³-hybridized carbons (Fsp3) is 0.125. The second-order valence-electron chi connectivity index (χ2n) is 2.06. The van der Waals surface area contributed by atoms with Crippen molar-refractivity contribution in [3.05, 3.63) is 29.8 Å². The van der Waals surface area contributed by atoms with Crippen LogP contribution in [0.15, 0.2) is 29.3 Å². The molecule has 12 heavy (non-hydrogen) atoms. The Morgan fingerprint density at radius 3 is 2.75 bits per heavy atom. The van der Waals surface area contributed by atoms with Crippen LogP contribution >= 0.6 is 11.6 Å². The van der Waals surface area contributed by atoms with Crippen LogP contribution in [-0.2, 0) is 4.79 Å². The Hall–Kier alpha value is -1.18. The molecule has 0 saturated heterocycles. The first-order chi connectivity index (χ1) is 5.75. The number of hydrogen-bond donors (Lipinski definition) is 0. The van der Waals surface area contributed by atoms with Gasteiger partial charge in [-0.25, -0.2) is 9.18 Å². The molecule has 0 aliphatic rings. The topological polar surface area (TPSA) is 29.4 Å². The van der Waals surface area contributed by atoms with E-state index in [1.165, 1.54) is 18.2 Å². The molecule has 0 N–H and O–H groups in total. The summed E-state index contributed by atoms with van der Waals surface area (Å²) >= 11 is 5.19. The lowest BCUT2D eigenvalue weighted by molar-refractivity contribution is 0.461. The molecule has 0 radical (unpaired) electrons. The Morgan fingerprint density at radius 1 is 1.50 bits per heavy atom. The van der Waals surface area contributed by atoms with Gasteiger partial charge in [-0.1, -0.05) is 29.8 Å². The van der Waals surface area contributed by atoms with E-state index in [4.69, 9.17) is 11.6 Å². The van der Waals surface area contributed by atoms with E-state index in [0.717, 1.165) is 0 Å². The van der Waals surface area contributed by atoms with E-state index in [9.17, 15) is 9.18 Å². The third kappa shape index (κ3) is 1.91. The van der Waals surface area contributed by atoms with Gasteiger partial charge in [0.15, 0.2) is 0 Å². The molecule has 1 unspecified atom stereocenters. The molecule has 0 spiro atoms. The number of hydrogen-bond acceptors (Lipinski definition) is 2. The van der Waals surface area contributed by atoms with Crippen LogP contribution in [-0.4, -0.2) is 6.08 Å². The van der Waals surface area contributed by atoms with E-state index < -0.39 is 5.63 Å². The summed E-state index contributed by atoms with van der Waals surface area (Å²) in [6.45, 7) is 0. The molecule has 0 fully saturated rings. The minimum atomic E-state index is -1.64. The van der Waals surface area contributed by atoms with Crippen LogP contribution in [0, 0.1) is 0 Å². The second-order valence-corrected chi connectivity index (χ2v) is 2.45. The van der Waals surface area contributed by atoms with E-state index in [-0.39, 0.29) is 11.3 Å². The maximum absolute atomic E-state index is 12.6. The SMILES string of the molecule is O=C=Nc1ccccc1C(F)Cl. The lowest BCUT2D eigenvalue weighted by Gasteiger charge is -2.01. The Bertz CT molecular complexity index is 321. The molecule has 0 bridgehead atoms. The number of carbonyl (C=O) groups excluding carboxylic acids is 1. The van der Waals surface area contributed by atoms with Crippen molar-refractivity contribution < 1.29 is 9.18 Å². The average Bonchev–Trinajstić information content (AvgIpc) is 2.05. The highest BCUT2D eigenvalue weighted by Crippen LogP contribution is 2.29. The van der Waals surface area contributed by atoms with Gasteiger partial charge in [-0.2, -0.15) is 4.99 Å². The van der Waals surface area contributed by atoms with Crippen molar-refractivity contribution in [2.45, 2.75) is 5.63 Å². The maximum Gasteiger partial charge on any atom is 0.240 e. The molecule has 0 aliphatic heterocycles. The number of benzene rings is 1. The first kappa shape index (κ1) is 8.91. The standard InChI is InChI=1S/C8H5ClFNO/c9-8(10)6-3-1-2-4-7(6)11-5-12/h1-4,8H. The van der Waals surface area contributed by atoms with Gasteiger partial charge in [-0.3, -0.25) is 0 Å². The predicted molar refractivity (Wildman–Crippen MR) is 43.9 cm³/mol. The number of nitrogens with zero attached hydrogens (tertiary/aromatic N) is 1. The molecule has 0 aromatic heterocycles. The summed E-state index contributed by atoms with van der Waals surface area (Å²) in [5.74, 6) is 0. The van der Waals surface area contributed by atoms with Gasteiger partial charge in [0.1, 0.15) is 0 Å². The summed E-state index contributed by atoms with van der Waals surface area (Å²) < 4.78 is 12.6. The highest BCUT2D eigenvalue weighted by Gasteiger charge is 2.08. The number of para-hydroxylation sites is 1. The molecule has 0 saturated carbocycles. The van der Waals surface area contributed by atoms with Crippen LogP contribution in [0.4, 0.5) is 10.1 Å². The summed E-state index contributed by atoms with van der Waals surface area (Å²) in [7, 11) is 0. The van der Waals surface area contributed by atoms with E-state index in [1.54, 1.807) is 12.1 Å². The Balaban J connectivity index is 3.17. The molecule has 1 aromatic rings. The van der Waals surface area contributed by atoms with Crippen LogP contribution < -0.4 is 0 Å². The molecular formula is C8H5ClFNO. The van der Waals surface area contributed by atoms with Crippen LogP contribution in [0.3, 0.4) is 0 Å². The molecule has 1 atom stereocenters. The molecule has 2 nitrogen and oxygen atoms in total. The highest BCUT2D eigenvalue weighted by atomic mass is 35.5. The third-order valence-electron chi connectivity index (χ3n) is 1.34. The van der Waals surface area contributed by atoms with Crippen LogP contribution in [0.25, 0.3) is 0 Å². The third-order valence-corrected chi connectivity index (χ3v) is 1.57. The molecule has 62 valence electrons. The number of halogens is 2. The first-order valence-electron chi connectivity index (χ1n) is 3.20. The van der Waals surface area contributed by atoms with Crippen molar-refractivity contribution >= 4 is 23.4 Å². The van der Waals surface area contributed by atoms with Gasteiger partial charge in [0.25, 0.3) is 0 Å². The number of isocyanates is 1. The molecule has 0 heterocycles. The van der Waals surface area contributed by atoms with E-state index >= 15 is 0 Å². The van der Waals surface area contributed by atoms with Gasteiger partial charge < -0.3 is 0 Å². The maximum atomic E-state index is 12.6. The minimum absolute atomic E-state index is 0.183. The Labute approximate surface area is 73.7 Å². The lowest BCUT2D eigenvalue weighted by Crippen LogP contribution is -1.82. The van der Waals surface area contributed by atoms with Crippen molar-refractivity contribution in [3.8, 4) is 0 Å². The van der Waals surface area contributed by atoms with Crippen molar-refractivity contribution in [2.24, 2.45) is 4.99 Å². The predicted octanol–water partition coefficient (Wildman–Crippen LogP) is 2.86. The number of alkyl halides is 2.